The number of para-hydroxylation sites is 2. The summed E-state index contributed by atoms with van der Waals surface area (Å²) in [5, 5.41) is 12.1. The third kappa shape index (κ3) is 7.20. The van der Waals surface area contributed by atoms with Crippen molar-refractivity contribution in [2.24, 2.45) is 0 Å². The number of nitrogens with zero attached hydrogens (tertiary/aromatic N) is 2. The van der Waals surface area contributed by atoms with E-state index in [1.165, 1.54) is 65.4 Å². The number of hydrogen-bond donors (Lipinski definition) is 0. The van der Waals surface area contributed by atoms with Gasteiger partial charge in [-0.1, -0.05) is 188 Å². The highest BCUT2D eigenvalue weighted by molar-refractivity contribution is 6.16. The Kier molecular flexibility index (Phi) is 9.89. The Morgan fingerprint density at radius 1 is 0.267 bits per heavy atom. The third-order valence-corrected chi connectivity index (χ3v) is 15.3. The summed E-state index contributed by atoms with van der Waals surface area (Å²) in [6.07, 6.45) is 0. The number of fused-ring (bicyclic) bond motifs is 11. The Hall–Kier alpha value is -9.96. The molecule has 0 radical (unpaired) electrons. The lowest BCUT2D eigenvalue weighted by Crippen LogP contribution is -2.10. The Morgan fingerprint density at radius 3 is 1.52 bits per heavy atom. The Bertz CT molecular complexity index is 4660. The molecule has 0 bridgehead atoms. The van der Waals surface area contributed by atoms with Crippen LogP contribution >= 0.6 is 0 Å². The van der Waals surface area contributed by atoms with E-state index in [4.69, 9.17) is 4.42 Å². The molecule has 15 aromatic rings. The first kappa shape index (κ1) is 42.7. The van der Waals surface area contributed by atoms with Crippen molar-refractivity contribution in [3.05, 3.63) is 279 Å². The van der Waals surface area contributed by atoms with Gasteiger partial charge in [-0.2, -0.15) is 0 Å². The van der Waals surface area contributed by atoms with E-state index in [-0.39, 0.29) is 0 Å². The van der Waals surface area contributed by atoms with Gasteiger partial charge >= 0.3 is 0 Å². The van der Waals surface area contributed by atoms with Crippen molar-refractivity contribution in [3.63, 3.8) is 0 Å². The standard InChI is InChI=1S/C72H46N2O/c1-4-23-61-49(14-1)34-40-66-68-45-53(35-41-71(68)75-72(61)66)52-18-13-20-58(44-52)73(57-38-32-48(33-39-57)51-17-12-21-59(43-51)74-69-28-9-7-26-64(69)65-27-8-10-29-70(65)74)56-36-30-47(31-37-56)50-16-11-19-54(42-50)67-46-55-15-2-3-22-60(55)62-24-5-6-25-63(62)67/h1-46H. The van der Waals surface area contributed by atoms with E-state index < -0.39 is 0 Å². The Balaban J connectivity index is 0.819. The summed E-state index contributed by atoms with van der Waals surface area (Å²) in [5.41, 5.74) is 17.9. The van der Waals surface area contributed by atoms with Crippen LogP contribution in [0, 0.1) is 0 Å². The van der Waals surface area contributed by atoms with Crippen LogP contribution < -0.4 is 4.90 Å². The summed E-state index contributed by atoms with van der Waals surface area (Å²) in [7, 11) is 0. The zero-order valence-electron chi connectivity index (χ0n) is 40.9. The molecule has 0 aliphatic heterocycles. The van der Waals surface area contributed by atoms with Crippen molar-refractivity contribution in [1.82, 2.24) is 4.57 Å². The van der Waals surface area contributed by atoms with Gasteiger partial charge in [-0.3, -0.25) is 0 Å². The van der Waals surface area contributed by atoms with Crippen LogP contribution in [-0.2, 0) is 0 Å². The first-order valence-corrected chi connectivity index (χ1v) is 25.7. The first-order valence-electron chi connectivity index (χ1n) is 25.7. The van der Waals surface area contributed by atoms with E-state index >= 15 is 0 Å². The van der Waals surface area contributed by atoms with Crippen LogP contribution in [-0.4, -0.2) is 4.57 Å². The SMILES string of the molecule is c1cc(-c2ccc(N(c3ccc(-c4cccc(-n5c6ccccc6c6ccccc65)c4)cc3)c3cccc(-c4ccc5oc6c7ccccc7ccc6c5c4)c3)cc2)cc(-c2cc3ccccc3c3ccccc23)c1. The molecule has 0 aliphatic rings. The molecule has 0 unspecified atom stereocenters. The molecule has 0 saturated carbocycles. The van der Waals surface area contributed by atoms with Gasteiger partial charge in [-0.25, -0.2) is 0 Å². The fraction of sp³-hybridized carbons (Fsp3) is 0. The fourth-order valence-electron chi connectivity index (χ4n) is 11.7. The van der Waals surface area contributed by atoms with Crippen LogP contribution in [0.1, 0.15) is 0 Å². The van der Waals surface area contributed by atoms with Gasteiger partial charge in [0.25, 0.3) is 0 Å². The summed E-state index contributed by atoms with van der Waals surface area (Å²) in [5.74, 6) is 0. The van der Waals surface area contributed by atoms with Gasteiger partial charge in [0, 0.05) is 49.7 Å². The molecule has 3 heteroatoms. The van der Waals surface area contributed by atoms with Crippen molar-refractivity contribution < 1.29 is 4.42 Å². The molecule has 350 valence electrons. The van der Waals surface area contributed by atoms with Crippen molar-refractivity contribution in [1.29, 1.82) is 0 Å². The fourth-order valence-corrected chi connectivity index (χ4v) is 11.7. The highest BCUT2D eigenvalue weighted by atomic mass is 16.3. The lowest BCUT2D eigenvalue weighted by molar-refractivity contribution is 0.672. The topological polar surface area (TPSA) is 21.3 Å². The van der Waals surface area contributed by atoms with Crippen molar-refractivity contribution >= 4 is 93.1 Å². The summed E-state index contributed by atoms with van der Waals surface area (Å²) >= 11 is 0. The molecule has 0 amide bonds. The van der Waals surface area contributed by atoms with E-state index in [0.29, 0.717) is 0 Å². The number of hydrogen-bond acceptors (Lipinski definition) is 2. The highest BCUT2D eigenvalue weighted by Crippen LogP contribution is 2.42. The van der Waals surface area contributed by atoms with Crippen LogP contribution in [0.5, 0.6) is 0 Å². The molecule has 0 atom stereocenters. The van der Waals surface area contributed by atoms with Crippen LogP contribution in [0.2, 0.25) is 0 Å². The van der Waals surface area contributed by atoms with Crippen LogP contribution in [0.3, 0.4) is 0 Å². The quantitative estimate of drug-likeness (QED) is 0.142. The van der Waals surface area contributed by atoms with Crippen LogP contribution in [0.15, 0.2) is 283 Å². The second kappa shape index (κ2) is 17.4. The van der Waals surface area contributed by atoms with Gasteiger partial charge < -0.3 is 13.9 Å². The first-order chi connectivity index (χ1) is 37.2. The molecule has 0 spiro atoms. The number of anilines is 3. The maximum atomic E-state index is 6.53. The number of aromatic nitrogens is 1. The largest absolute Gasteiger partial charge is 0.455 e. The van der Waals surface area contributed by atoms with E-state index in [1.54, 1.807) is 0 Å². The molecule has 75 heavy (non-hydrogen) atoms. The molecular formula is C72H46N2O. The number of furan rings is 1. The van der Waals surface area contributed by atoms with E-state index in [0.717, 1.165) is 77.9 Å². The minimum atomic E-state index is 0.889. The maximum Gasteiger partial charge on any atom is 0.143 e. The monoisotopic (exact) mass is 954 g/mol. The van der Waals surface area contributed by atoms with Crippen molar-refractivity contribution in [3.8, 4) is 50.2 Å². The maximum absolute atomic E-state index is 6.53. The lowest BCUT2D eigenvalue weighted by Gasteiger charge is -2.26. The predicted octanol–water partition coefficient (Wildman–Crippen LogP) is 20.3. The minimum Gasteiger partial charge on any atom is -0.455 e. The molecule has 0 aliphatic carbocycles. The zero-order valence-corrected chi connectivity index (χ0v) is 40.9. The summed E-state index contributed by atoms with van der Waals surface area (Å²) in [6, 6.07) is 102. The third-order valence-electron chi connectivity index (χ3n) is 15.3. The molecule has 0 fully saturated rings. The Labute approximate surface area is 434 Å². The van der Waals surface area contributed by atoms with E-state index in [9.17, 15) is 0 Å². The average molecular weight is 955 g/mol. The second-order valence-electron chi connectivity index (χ2n) is 19.6. The van der Waals surface area contributed by atoms with Gasteiger partial charge in [0.2, 0.25) is 0 Å². The molecule has 13 aromatic carbocycles. The molecule has 2 aromatic heterocycles. The number of benzene rings is 13. The zero-order chi connectivity index (χ0) is 49.4. The Morgan fingerprint density at radius 2 is 0.800 bits per heavy atom. The van der Waals surface area contributed by atoms with Gasteiger partial charge in [0.15, 0.2) is 0 Å². The summed E-state index contributed by atoms with van der Waals surface area (Å²) < 4.78 is 8.91. The van der Waals surface area contributed by atoms with Gasteiger partial charge in [0.1, 0.15) is 11.2 Å². The lowest BCUT2D eigenvalue weighted by atomic mass is 9.92. The van der Waals surface area contributed by atoms with Crippen molar-refractivity contribution in [2.45, 2.75) is 0 Å². The molecule has 15 rings (SSSR count). The normalized spacial score (nSPS) is 11.7. The molecular weight excluding hydrogens is 909 g/mol. The number of rotatable bonds is 8. The smallest absolute Gasteiger partial charge is 0.143 e. The molecule has 0 N–H and O–H groups in total. The van der Waals surface area contributed by atoms with Gasteiger partial charge in [-0.15, -0.1) is 0 Å². The summed E-state index contributed by atoms with van der Waals surface area (Å²) in [6.45, 7) is 0. The predicted molar refractivity (Wildman–Crippen MR) is 317 cm³/mol. The van der Waals surface area contributed by atoms with Crippen LogP contribution in [0.4, 0.5) is 17.1 Å². The van der Waals surface area contributed by atoms with Crippen LogP contribution in [0.25, 0.3) is 126 Å². The second-order valence-corrected chi connectivity index (χ2v) is 19.6. The van der Waals surface area contributed by atoms with Gasteiger partial charge in [-0.05, 0) is 162 Å². The van der Waals surface area contributed by atoms with E-state index in [2.05, 4.69) is 289 Å². The van der Waals surface area contributed by atoms with Crippen molar-refractivity contribution in [2.75, 3.05) is 4.90 Å². The van der Waals surface area contributed by atoms with E-state index in [1.807, 2.05) is 0 Å². The highest BCUT2D eigenvalue weighted by Gasteiger charge is 2.18. The molecule has 3 nitrogen and oxygen atoms in total. The minimum absolute atomic E-state index is 0.889. The molecule has 0 saturated heterocycles. The van der Waals surface area contributed by atoms with Gasteiger partial charge in [0.05, 0.1) is 11.0 Å². The summed E-state index contributed by atoms with van der Waals surface area (Å²) in [4.78, 5) is 2.38. The average Bonchev–Trinajstić information content (AvgIpc) is 4.05. The molecule has 2 heterocycles.